The monoisotopic (exact) mass is 953 g/mol. The third-order valence-corrected chi connectivity index (χ3v) is 13.3. The highest BCUT2D eigenvalue weighted by molar-refractivity contribution is 5.70. The Labute approximate surface area is 424 Å². The van der Waals surface area contributed by atoms with Gasteiger partial charge in [0.05, 0.1) is 6.61 Å². The van der Waals surface area contributed by atoms with Crippen molar-refractivity contribution >= 4 is 11.9 Å². The Balaban J connectivity index is 4.23. The molecule has 0 radical (unpaired) electrons. The lowest BCUT2D eigenvalue weighted by Crippen LogP contribution is -2.30. The standard InChI is InChI=1S/C63H116O5/c1-4-7-10-13-16-19-22-25-28-30-32-34-36-38-41-44-47-50-53-56-62(64)67-60-61(59-66-58-55-52-49-46-43-40-27-24-21-18-15-12-9-6-3)68-63(65)57-54-51-48-45-42-39-37-35-33-31-29-26-23-20-17-14-11-8-5-2/h12,15-16,19,21,24-25,28,61H,4-11,13-14,17-18,20,22-23,26-27,29-60H2,1-3H3/b15-12-,19-16-,24-21-,28-25-. The van der Waals surface area contributed by atoms with Crippen LogP contribution in [-0.2, 0) is 23.8 Å². The Morgan fingerprint density at radius 1 is 0.324 bits per heavy atom. The quantitative estimate of drug-likeness (QED) is 0.0345. The zero-order valence-corrected chi connectivity index (χ0v) is 45.9. The van der Waals surface area contributed by atoms with Crippen LogP contribution < -0.4 is 0 Å². The highest BCUT2D eigenvalue weighted by atomic mass is 16.6. The van der Waals surface area contributed by atoms with E-state index in [1.807, 2.05) is 0 Å². The van der Waals surface area contributed by atoms with E-state index in [9.17, 15) is 9.59 Å². The van der Waals surface area contributed by atoms with Crippen molar-refractivity contribution in [1.29, 1.82) is 0 Å². The molecule has 0 saturated carbocycles. The molecule has 398 valence electrons. The van der Waals surface area contributed by atoms with Crippen LogP contribution in [0.5, 0.6) is 0 Å². The molecule has 0 rings (SSSR count). The maximum absolute atomic E-state index is 12.9. The molecule has 1 unspecified atom stereocenters. The van der Waals surface area contributed by atoms with Crippen LogP contribution in [0.1, 0.15) is 316 Å². The van der Waals surface area contributed by atoms with Crippen LogP contribution in [0.2, 0.25) is 0 Å². The first-order chi connectivity index (χ1) is 33.6. The second kappa shape index (κ2) is 59.2. The lowest BCUT2D eigenvalue weighted by molar-refractivity contribution is -0.163. The van der Waals surface area contributed by atoms with E-state index in [-0.39, 0.29) is 25.2 Å². The summed E-state index contributed by atoms with van der Waals surface area (Å²) in [6, 6.07) is 0. The molecule has 0 amide bonds. The van der Waals surface area contributed by atoms with Crippen LogP contribution in [0.4, 0.5) is 0 Å². The minimum atomic E-state index is -0.541. The number of hydrogen-bond donors (Lipinski definition) is 0. The van der Waals surface area contributed by atoms with Gasteiger partial charge in [0.2, 0.25) is 0 Å². The van der Waals surface area contributed by atoms with Crippen molar-refractivity contribution < 1.29 is 23.8 Å². The minimum Gasteiger partial charge on any atom is -0.462 e. The molecule has 0 aromatic rings. The molecule has 0 aliphatic heterocycles. The average molecular weight is 954 g/mol. The van der Waals surface area contributed by atoms with Gasteiger partial charge in [0, 0.05) is 19.4 Å². The molecule has 0 saturated heterocycles. The van der Waals surface area contributed by atoms with E-state index < -0.39 is 6.10 Å². The van der Waals surface area contributed by atoms with Gasteiger partial charge in [0.15, 0.2) is 6.10 Å². The highest BCUT2D eigenvalue weighted by Crippen LogP contribution is 2.17. The van der Waals surface area contributed by atoms with Crippen molar-refractivity contribution in [2.75, 3.05) is 19.8 Å². The summed E-state index contributed by atoms with van der Waals surface area (Å²) in [6.07, 6.45) is 74.2. The van der Waals surface area contributed by atoms with E-state index in [0.717, 1.165) is 51.4 Å². The van der Waals surface area contributed by atoms with Crippen LogP contribution in [0.3, 0.4) is 0 Å². The lowest BCUT2D eigenvalue weighted by atomic mass is 10.0. The molecule has 68 heavy (non-hydrogen) atoms. The molecular weight excluding hydrogens is 837 g/mol. The van der Waals surface area contributed by atoms with Crippen molar-refractivity contribution in [3.8, 4) is 0 Å². The van der Waals surface area contributed by atoms with Crippen LogP contribution in [0.25, 0.3) is 0 Å². The van der Waals surface area contributed by atoms with Crippen molar-refractivity contribution in [2.24, 2.45) is 0 Å². The maximum atomic E-state index is 12.9. The largest absolute Gasteiger partial charge is 0.462 e. The lowest BCUT2D eigenvalue weighted by Gasteiger charge is -2.18. The molecule has 5 nitrogen and oxygen atoms in total. The van der Waals surface area contributed by atoms with Crippen LogP contribution in [0, 0.1) is 0 Å². The van der Waals surface area contributed by atoms with Gasteiger partial charge in [-0.25, -0.2) is 0 Å². The molecular formula is C63H116O5. The van der Waals surface area contributed by atoms with Gasteiger partial charge in [-0.05, 0) is 77.0 Å². The Bertz CT molecular complexity index is 1120. The van der Waals surface area contributed by atoms with Crippen molar-refractivity contribution in [2.45, 2.75) is 322 Å². The normalized spacial score (nSPS) is 12.5. The molecule has 5 heteroatoms. The summed E-state index contributed by atoms with van der Waals surface area (Å²) in [4.78, 5) is 25.6. The van der Waals surface area contributed by atoms with Gasteiger partial charge in [-0.1, -0.05) is 275 Å². The van der Waals surface area contributed by atoms with E-state index in [4.69, 9.17) is 14.2 Å². The van der Waals surface area contributed by atoms with Gasteiger partial charge in [0.1, 0.15) is 6.61 Å². The Hall–Kier alpha value is -2.14. The SMILES string of the molecule is CCC/C=C\C/C=C\CCCCCCCCOCC(COC(=O)CCCCCCCCCCC/C=C\C/C=C\CCCCC)OC(=O)CCCCCCCCCCCCCCCCCCCCC. The first-order valence-corrected chi connectivity index (χ1v) is 30.2. The summed E-state index contributed by atoms with van der Waals surface area (Å²) in [7, 11) is 0. The molecule has 0 bridgehead atoms. The van der Waals surface area contributed by atoms with E-state index in [2.05, 4.69) is 69.4 Å². The summed E-state index contributed by atoms with van der Waals surface area (Å²) in [6.45, 7) is 7.78. The van der Waals surface area contributed by atoms with Crippen molar-refractivity contribution in [3.05, 3.63) is 48.6 Å². The topological polar surface area (TPSA) is 61.8 Å². The summed E-state index contributed by atoms with van der Waals surface area (Å²) in [5.41, 5.74) is 0. The molecule has 1 atom stereocenters. The molecule has 0 aliphatic rings. The molecule has 0 fully saturated rings. The zero-order chi connectivity index (χ0) is 49.2. The Morgan fingerprint density at radius 2 is 0.647 bits per heavy atom. The van der Waals surface area contributed by atoms with Gasteiger partial charge in [0.25, 0.3) is 0 Å². The van der Waals surface area contributed by atoms with Gasteiger partial charge in [-0.2, -0.15) is 0 Å². The number of unbranched alkanes of at least 4 members (excludes halogenated alkanes) is 37. The van der Waals surface area contributed by atoms with E-state index in [1.165, 1.54) is 231 Å². The van der Waals surface area contributed by atoms with E-state index >= 15 is 0 Å². The summed E-state index contributed by atoms with van der Waals surface area (Å²) >= 11 is 0. The number of ether oxygens (including phenoxy) is 3. The second-order valence-electron chi connectivity index (χ2n) is 20.3. The van der Waals surface area contributed by atoms with Gasteiger partial charge >= 0.3 is 11.9 Å². The van der Waals surface area contributed by atoms with Crippen molar-refractivity contribution in [1.82, 2.24) is 0 Å². The zero-order valence-electron chi connectivity index (χ0n) is 45.9. The predicted molar refractivity (Wildman–Crippen MR) is 298 cm³/mol. The van der Waals surface area contributed by atoms with Crippen LogP contribution in [0.15, 0.2) is 48.6 Å². The number of esters is 2. The molecule has 0 N–H and O–H groups in total. The molecule has 0 spiro atoms. The first kappa shape index (κ1) is 65.9. The molecule has 0 heterocycles. The van der Waals surface area contributed by atoms with Crippen LogP contribution >= 0.6 is 0 Å². The fraction of sp³-hybridized carbons (Fsp3) is 0.841. The molecule has 0 aromatic carbocycles. The first-order valence-electron chi connectivity index (χ1n) is 30.2. The van der Waals surface area contributed by atoms with Crippen molar-refractivity contribution in [3.63, 3.8) is 0 Å². The maximum Gasteiger partial charge on any atom is 0.306 e. The van der Waals surface area contributed by atoms with Crippen LogP contribution in [-0.4, -0.2) is 37.9 Å². The summed E-state index contributed by atoms with van der Waals surface area (Å²) in [5.74, 6) is -0.390. The number of hydrogen-bond acceptors (Lipinski definition) is 5. The van der Waals surface area contributed by atoms with Gasteiger partial charge in [-0.15, -0.1) is 0 Å². The van der Waals surface area contributed by atoms with Gasteiger partial charge < -0.3 is 14.2 Å². The number of allylic oxidation sites excluding steroid dienone is 8. The minimum absolute atomic E-state index is 0.0825. The molecule has 0 aromatic heterocycles. The predicted octanol–water partition coefficient (Wildman–Crippen LogP) is 20.7. The number of rotatable bonds is 56. The third-order valence-electron chi connectivity index (χ3n) is 13.3. The third kappa shape index (κ3) is 56.4. The summed E-state index contributed by atoms with van der Waals surface area (Å²) in [5, 5.41) is 0. The smallest absolute Gasteiger partial charge is 0.306 e. The van der Waals surface area contributed by atoms with Gasteiger partial charge in [-0.3, -0.25) is 9.59 Å². The van der Waals surface area contributed by atoms with E-state index in [0.29, 0.717) is 19.4 Å². The summed E-state index contributed by atoms with van der Waals surface area (Å²) < 4.78 is 17.5. The highest BCUT2D eigenvalue weighted by Gasteiger charge is 2.17. The number of carbonyl (C=O) groups excluding carboxylic acids is 2. The Morgan fingerprint density at radius 3 is 1.06 bits per heavy atom. The Kier molecular flexibility index (Phi) is 57.3. The number of carbonyl (C=O) groups is 2. The second-order valence-corrected chi connectivity index (χ2v) is 20.3. The average Bonchev–Trinajstić information content (AvgIpc) is 3.34. The fourth-order valence-corrected chi connectivity index (χ4v) is 8.82. The fourth-order valence-electron chi connectivity index (χ4n) is 8.82. The molecule has 0 aliphatic carbocycles. The van der Waals surface area contributed by atoms with E-state index in [1.54, 1.807) is 0 Å².